The summed E-state index contributed by atoms with van der Waals surface area (Å²) in [5.74, 6) is 1.50. The van der Waals surface area contributed by atoms with Gasteiger partial charge >= 0.3 is 6.09 Å². The van der Waals surface area contributed by atoms with Crippen LogP contribution in [-0.4, -0.2) is 30.6 Å². The van der Waals surface area contributed by atoms with Crippen molar-refractivity contribution in [3.05, 3.63) is 42.0 Å². The third-order valence-corrected chi connectivity index (χ3v) is 6.41. The summed E-state index contributed by atoms with van der Waals surface area (Å²) in [7, 11) is 0. The second kappa shape index (κ2) is 6.49. The largest absolute Gasteiger partial charge is 0.438 e. The van der Waals surface area contributed by atoms with Crippen molar-refractivity contribution in [1.29, 1.82) is 0 Å². The number of hydrogen-bond acceptors (Lipinski definition) is 3. The fourth-order valence-corrected chi connectivity index (χ4v) is 4.74. The molecule has 1 N–H and O–H groups in total. The predicted molar refractivity (Wildman–Crippen MR) is 99.5 cm³/mol. The number of ether oxygens (including phenoxy) is 1. The van der Waals surface area contributed by atoms with Crippen LogP contribution >= 0.6 is 0 Å². The minimum Gasteiger partial charge on any atom is -0.438 e. The summed E-state index contributed by atoms with van der Waals surface area (Å²) in [6, 6.07) is 8.06. The zero-order chi connectivity index (χ0) is 17.4. The van der Waals surface area contributed by atoms with Gasteiger partial charge in [0.15, 0.2) is 0 Å². The molecule has 2 aliphatic heterocycles. The van der Waals surface area contributed by atoms with E-state index in [1.165, 1.54) is 24.8 Å². The lowest BCUT2D eigenvalue weighted by atomic mass is 9.77. The Labute approximate surface area is 150 Å². The molecule has 0 radical (unpaired) electrons. The zero-order valence-corrected chi connectivity index (χ0v) is 15.1. The maximum Gasteiger partial charge on any atom is 0.412 e. The van der Waals surface area contributed by atoms with E-state index in [1.54, 1.807) is 0 Å². The van der Waals surface area contributed by atoms with Crippen molar-refractivity contribution in [2.75, 3.05) is 25.0 Å². The maximum atomic E-state index is 12.0. The number of nitrogens with zero attached hydrogens (tertiary/aromatic N) is 1. The van der Waals surface area contributed by atoms with Gasteiger partial charge in [0.05, 0.1) is 5.69 Å². The second-order valence-electron chi connectivity index (χ2n) is 8.09. The van der Waals surface area contributed by atoms with Gasteiger partial charge in [0.2, 0.25) is 0 Å². The lowest BCUT2D eigenvalue weighted by Gasteiger charge is -2.45. The summed E-state index contributed by atoms with van der Waals surface area (Å²) < 4.78 is 5.83. The van der Waals surface area contributed by atoms with Crippen LogP contribution in [0.1, 0.15) is 44.6 Å². The van der Waals surface area contributed by atoms with Gasteiger partial charge in [-0.15, -0.1) is 0 Å². The van der Waals surface area contributed by atoms with Crippen molar-refractivity contribution >= 4 is 11.8 Å². The van der Waals surface area contributed by atoms with Crippen LogP contribution in [0.25, 0.3) is 0 Å². The number of piperidine rings is 1. The third kappa shape index (κ3) is 3.20. The quantitative estimate of drug-likeness (QED) is 0.804. The fraction of sp³-hybridized carbons (Fsp3) is 0.571. The van der Waals surface area contributed by atoms with E-state index in [1.807, 2.05) is 18.2 Å². The van der Waals surface area contributed by atoms with Crippen LogP contribution in [0, 0.1) is 11.8 Å². The lowest BCUT2D eigenvalue weighted by Crippen LogP contribution is -2.49. The molecule has 0 bridgehead atoms. The van der Waals surface area contributed by atoms with Crippen molar-refractivity contribution in [1.82, 2.24) is 4.90 Å². The summed E-state index contributed by atoms with van der Waals surface area (Å²) in [6.45, 7) is 9.70. The van der Waals surface area contributed by atoms with E-state index in [-0.39, 0.29) is 6.09 Å². The predicted octanol–water partition coefficient (Wildman–Crippen LogP) is 4.53. The van der Waals surface area contributed by atoms with Crippen molar-refractivity contribution in [3.63, 3.8) is 0 Å². The van der Waals surface area contributed by atoms with Crippen molar-refractivity contribution in [2.45, 2.75) is 44.6 Å². The first-order chi connectivity index (χ1) is 12.1. The summed E-state index contributed by atoms with van der Waals surface area (Å²) >= 11 is 0. The highest BCUT2D eigenvalue weighted by Gasteiger charge is 2.44. The number of fused-ring (bicyclic) bond motifs is 2. The van der Waals surface area contributed by atoms with E-state index in [0.717, 1.165) is 55.6 Å². The number of hydrogen-bond donors (Lipinski definition) is 1. The summed E-state index contributed by atoms with van der Waals surface area (Å²) in [4.78, 5) is 14.6. The number of para-hydroxylation sites is 1. The first-order valence-electron chi connectivity index (χ1n) is 9.54. The minimum atomic E-state index is -0.447. The SMILES string of the molecule is C=C1CCC(C)C(CN2CCC3(CC2)OC(=O)Nc2ccccc23)C1. The highest BCUT2D eigenvalue weighted by atomic mass is 16.6. The van der Waals surface area contributed by atoms with Gasteiger partial charge < -0.3 is 9.64 Å². The van der Waals surface area contributed by atoms with E-state index in [2.05, 4.69) is 29.8 Å². The number of nitrogens with one attached hydrogen (secondary N) is 1. The molecule has 25 heavy (non-hydrogen) atoms. The van der Waals surface area contributed by atoms with Gasteiger partial charge in [-0.3, -0.25) is 5.32 Å². The summed E-state index contributed by atoms with van der Waals surface area (Å²) in [6.07, 6.45) is 5.08. The van der Waals surface area contributed by atoms with E-state index in [9.17, 15) is 4.79 Å². The topological polar surface area (TPSA) is 41.6 Å². The number of carbonyl (C=O) groups is 1. The summed E-state index contributed by atoms with van der Waals surface area (Å²) in [5.41, 5.74) is 3.01. The number of carbonyl (C=O) groups excluding carboxylic acids is 1. The Bertz CT molecular complexity index is 676. The molecule has 2 atom stereocenters. The van der Waals surface area contributed by atoms with Crippen LogP contribution in [0.3, 0.4) is 0 Å². The van der Waals surface area contributed by atoms with Crippen molar-refractivity contribution in [2.24, 2.45) is 11.8 Å². The Morgan fingerprint density at radius 2 is 2.08 bits per heavy atom. The standard InChI is InChI=1S/C21H28N2O2/c1-15-7-8-16(2)17(13-15)14-23-11-9-21(10-12-23)18-5-3-4-6-19(18)22-20(24)25-21/h3-6,16-17H,1,7-14H2,2H3,(H,22,24). The lowest BCUT2D eigenvalue weighted by molar-refractivity contribution is -0.0417. The minimum absolute atomic E-state index is 0.315. The molecule has 3 aliphatic rings. The average molecular weight is 340 g/mol. The van der Waals surface area contributed by atoms with Crippen LogP contribution in [-0.2, 0) is 10.3 Å². The Hall–Kier alpha value is -1.81. The monoisotopic (exact) mass is 340 g/mol. The van der Waals surface area contributed by atoms with Gasteiger partial charge in [-0.2, -0.15) is 0 Å². The Morgan fingerprint density at radius 3 is 2.88 bits per heavy atom. The molecule has 1 aromatic carbocycles. The molecule has 1 saturated heterocycles. The third-order valence-electron chi connectivity index (χ3n) is 6.41. The van der Waals surface area contributed by atoms with Gasteiger partial charge in [-0.05, 0) is 37.2 Å². The molecule has 4 rings (SSSR count). The van der Waals surface area contributed by atoms with Crippen molar-refractivity contribution < 1.29 is 9.53 Å². The van der Waals surface area contributed by atoms with Crippen LogP contribution in [0.4, 0.5) is 10.5 Å². The number of benzene rings is 1. The molecular formula is C21H28N2O2. The number of allylic oxidation sites excluding steroid dienone is 1. The highest BCUT2D eigenvalue weighted by Crippen LogP contribution is 2.44. The maximum absolute atomic E-state index is 12.0. The fourth-order valence-electron chi connectivity index (χ4n) is 4.74. The van der Waals surface area contributed by atoms with E-state index in [0.29, 0.717) is 0 Å². The number of amides is 1. The molecule has 1 saturated carbocycles. The summed E-state index contributed by atoms with van der Waals surface area (Å²) in [5, 5.41) is 2.83. The molecule has 4 heteroatoms. The van der Waals surface area contributed by atoms with Gasteiger partial charge in [-0.1, -0.05) is 37.3 Å². The molecule has 1 amide bonds. The van der Waals surface area contributed by atoms with Gasteiger partial charge in [0, 0.05) is 38.0 Å². The molecule has 134 valence electrons. The molecule has 1 aliphatic carbocycles. The number of anilines is 1. The second-order valence-corrected chi connectivity index (χ2v) is 8.09. The smallest absolute Gasteiger partial charge is 0.412 e. The first-order valence-corrected chi connectivity index (χ1v) is 9.54. The molecule has 1 aromatic rings. The van der Waals surface area contributed by atoms with Crippen LogP contribution in [0.15, 0.2) is 36.4 Å². The number of rotatable bonds is 2. The average Bonchev–Trinajstić information content (AvgIpc) is 2.60. The highest BCUT2D eigenvalue weighted by molar-refractivity contribution is 5.88. The Morgan fingerprint density at radius 1 is 1.32 bits per heavy atom. The van der Waals surface area contributed by atoms with Crippen LogP contribution in [0.2, 0.25) is 0 Å². The number of likely N-dealkylation sites (tertiary alicyclic amines) is 1. The molecule has 2 heterocycles. The normalized spacial score (nSPS) is 29.0. The zero-order valence-electron chi connectivity index (χ0n) is 15.1. The van der Waals surface area contributed by atoms with E-state index < -0.39 is 5.60 Å². The molecule has 0 aromatic heterocycles. The van der Waals surface area contributed by atoms with Crippen LogP contribution in [0.5, 0.6) is 0 Å². The van der Waals surface area contributed by atoms with E-state index in [4.69, 9.17) is 4.74 Å². The van der Waals surface area contributed by atoms with Gasteiger partial charge in [0.1, 0.15) is 5.60 Å². The van der Waals surface area contributed by atoms with Crippen LogP contribution < -0.4 is 5.32 Å². The first kappa shape index (κ1) is 16.6. The molecular weight excluding hydrogens is 312 g/mol. The van der Waals surface area contributed by atoms with Crippen molar-refractivity contribution in [3.8, 4) is 0 Å². The molecule has 1 spiro atoms. The molecule has 2 unspecified atom stereocenters. The Kier molecular flexibility index (Phi) is 4.32. The van der Waals surface area contributed by atoms with Gasteiger partial charge in [0.25, 0.3) is 0 Å². The molecule has 2 fully saturated rings. The Balaban J connectivity index is 1.45. The molecule has 4 nitrogen and oxygen atoms in total. The van der Waals surface area contributed by atoms with Gasteiger partial charge in [-0.25, -0.2) is 4.79 Å². The van der Waals surface area contributed by atoms with E-state index >= 15 is 0 Å².